The quantitative estimate of drug-likeness (QED) is 0.617. The lowest BCUT2D eigenvalue weighted by Gasteiger charge is -2.20. The number of amidine groups is 1. The number of amides is 1. The maximum Gasteiger partial charge on any atom is 0.253 e. The van der Waals surface area contributed by atoms with Crippen molar-refractivity contribution in [2.45, 2.75) is 20.3 Å². The number of nitrogens with zero attached hydrogens (tertiary/aromatic N) is 3. The maximum absolute atomic E-state index is 12.3. The van der Waals surface area contributed by atoms with Crippen molar-refractivity contribution in [1.29, 1.82) is 0 Å². The van der Waals surface area contributed by atoms with Gasteiger partial charge < -0.3 is 0 Å². The number of rotatable bonds is 6. The van der Waals surface area contributed by atoms with Gasteiger partial charge >= 0.3 is 0 Å². The van der Waals surface area contributed by atoms with Crippen LogP contribution in [0.1, 0.15) is 17.5 Å². The summed E-state index contributed by atoms with van der Waals surface area (Å²) in [5.74, 6) is 0.414. The molecule has 0 unspecified atom stereocenters. The number of hydrogen-bond acceptors (Lipinski definition) is 4. The van der Waals surface area contributed by atoms with Gasteiger partial charge in [0.05, 0.1) is 23.7 Å². The van der Waals surface area contributed by atoms with Gasteiger partial charge in [-0.15, -0.1) is 4.91 Å². The Morgan fingerprint density at radius 3 is 2.84 bits per heavy atom. The number of aryl methyl sites for hydroxylation is 2. The van der Waals surface area contributed by atoms with Crippen LogP contribution in [0.5, 0.6) is 0 Å². The summed E-state index contributed by atoms with van der Waals surface area (Å²) in [6.45, 7) is 7.67. The minimum Gasteiger partial charge on any atom is -0.278 e. The SMILES string of the molecule is C=C/C=C(\C=C/CN=C1CC(=O)N(c2c(C)cc(C)cc2Cl)N1)N=O. The zero-order chi connectivity index (χ0) is 18.4. The highest BCUT2D eigenvalue weighted by molar-refractivity contribution is 6.34. The van der Waals surface area contributed by atoms with Crippen LogP contribution in [0.15, 0.2) is 58.9 Å². The average Bonchev–Trinajstić information content (AvgIpc) is 2.90. The first-order chi connectivity index (χ1) is 12.0. The monoisotopic (exact) mass is 358 g/mol. The van der Waals surface area contributed by atoms with Crippen molar-refractivity contribution in [2.24, 2.45) is 10.2 Å². The standard InChI is InChI=1S/C18H19ClN4O2/c1-4-6-14(22-25)7-5-8-20-16-11-17(24)23(21-16)18-13(3)9-12(2)10-15(18)19/h4-7,9-10H,1,8,11H2,2-3H3,(H,20,21)/b7-5-,14-6+. The van der Waals surface area contributed by atoms with E-state index >= 15 is 0 Å². The second kappa shape index (κ2) is 8.39. The van der Waals surface area contributed by atoms with Crippen LogP contribution >= 0.6 is 11.6 Å². The van der Waals surface area contributed by atoms with Gasteiger partial charge in [-0.05, 0) is 48.4 Å². The fourth-order valence-electron chi connectivity index (χ4n) is 2.49. The molecule has 25 heavy (non-hydrogen) atoms. The van der Waals surface area contributed by atoms with Crippen LogP contribution in [0, 0.1) is 18.8 Å². The predicted molar refractivity (Wildman–Crippen MR) is 102 cm³/mol. The largest absolute Gasteiger partial charge is 0.278 e. The van der Waals surface area contributed by atoms with Gasteiger partial charge in [0, 0.05) is 0 Å². The number of carbonyl (C=O) groups is 1. The molecule has 1 aliphatic heterocycles. The molecule has 1 aromatic carbocycles. The number of anilines is 1. The van der Waals surface area contributed by atoms with Crippen molar-refractivity contribution in [1.82, 2.24) is 5.43 Å². The van der Waals surface area contributed by atoms with E-state index in [2.05, 4.69) is 22.2 Å². The zero-order valence-corrected chi connectivity index (χ0v) is 14.9. The van der Waals surface area contributed by atoms with Crippen LogP contribution in [-0.4, -0.2) is 18.3 Å². The smallest absolute Gasteiger partial charge is 0.253 e. The highest BCUT2D eigenvalue weighted by Gasteiger charge is 2.29. The van der Waals surface area contributed by atoms with Gasteiger partial charge in [0.15, 0.2) is 0 Å². The van der Waals surface area contributed by atoms with E-state index < -0.39 is 0 Å². The van der Waals surface area contributed by atoms with E-state index in [0.717, 1.165) is 11.1 Å². The minimum atomic E-state index is -0.126. The average molecular weight is 359 g/mol. The summed E-state index contributed by atoms with van der Waals surface area (Å²) in [7, 11) is 0. The molecule has 1 amide bonds. The van der Waals surface area contributed by atoms with E-state index in [1.165, 1.54) is 17.2 Å². The molecule has 1 N–H and O–H groups in total. The summed E-state index contributed by atoms with van der Waals surface area (Å²) >= 11 is 6.30. The van der Waals surface area contributed by atoms with Crippen molar-refractivity contribution in [2.75, 3.05) is 11.6 Å². The first-order valence-corrected chi connectivity index (χ1v) is 8.06. The second-order valence-corrected chi connectivity index (χ2v) is 5.95. The van der Waals surface area contributed by atoms with Crippen molar-refractivity contribution in [3.8, 4) is 0 Å². The van der Waals surface area contributed by atoms with Gasteiger partial charge in [0.1, 0.15) is 11.5 Å². The number of nitrogens with one attached hydrogen (secondary N) is 1. The molecule has 0 spiro atoms. The number of allylic oxidation sites excluding steroid dienone is 3. The molecule has 1 aliphatic rings. The van der Waals surface area contributed by atoms with Crippen LogP contribution in [0.25, 0.3) is 0 Å². The Morgan fingerprint density at radius 2 is 2.20 bits per heavy atom. The number of aliphatic imine (C=N–C) groups is 1. The Bertz CT molecular complexity index is 773. The van der Waals surface area contributed by atoms with E-state index in [-0.39, 0.29) is 18.0 Å². The van der Waals surface area contributed by atoms with Crippen LogP contribution in [0.2, 0.25) is 5.02 Å². The van der Waals surface area contributed by atoms with E-state index in [4.69, 9.17) is 11.6 Å². The molecular weight excluding hydrogens is 340 g/mol. The molecule has 1 fully saturated rings. The molecule has 1 heterocycles. The van der Waals surface area contributed by atoms with Gasteiger partial charge in [-0.3, -0.25) is 15.2 Å². The van der Waals surface area contributed by atoms with Gasteiger partial charge in [0.25, 0.3) is 5.91 Å². The summed E-state index contributed by atoms with van der Waals surface area (Å²) in [5, 5.41) is 4.79. The molecule has 130 valence electrons. The summed E-state index contributed by atoms with van der Waals surface area (Å²) in [5.41, 5.74) is 5.82. The van der Waals surface area contributed by atoms with Crippen molar-refractivity contribution >= 4 is 29.0 Å². The summed E-state index contributed by atoms with van der Waals surface area (Å²) in [4.78, 5) is 27.1. The Kier molecular flexibility index (Phi) is 6.25. The van der Waals surface area contributed by atoms with E-state index in [9.17, 15) is 9.70 Å². The Morgan fingerprint density at radius 1 is 1.44 bits per heavy atom. The van der Waals surface area contributed by atoms with Crippen LogP contribution in [0.3, 0.4) is 0 Å². The third-order valence-electron chi connectivity index (χ3n) is 3.50. The summed E-state index contributed by atoms with van der Waals surface area (Å²) in [6, 6.07) is 3.78. The third-order valence-corrected chi connectivity index (χ3v) is 3.79. The van der Waals surface area contributed by atoms with E-state index in [0.29, 0.717) is 23.1 Å². The molecule has 6 nitrogen and oxygen atoms in total. The fraction of sp³-hybridized carbons (Fsp3) is 0.222. The Hall–Kier alpha value is -2.73. The van der Waals surface area contributed by atoms with Crippen LogP contribution in [0.4, 0.5) is 5.69 Å². The minimum absolute atomic E-state index is 0.126. The van der Waals surface area contributed by atoms with Crippen molar-refractivity contribution in [3.63, 3.8) is 0 Å². The number of nitroso groups, excluding NO2 is 1. The Labute approximate surface area is 151 Å². The molecule has 0 aromatic heterocycles. The second-order valence-electron chi connectivity index (χ2n) is 5.54. The Balaban J connectivity index is 2.10. The first-order valence-electron chi connectivity index (χ1n) is 7.68. The molecule has 0 atom stereocenters. The summed E-state index contributed by atoms with van der Waals surface area (Å²) in [6.07, 6.45) is 6.38. The summed E-state index contributed by atoms with van der Waals surface area (Å²) < 4.78 is 0. The molecule has 0 bridgehead atoms. The number of hydrazine groups is 1. The normalized spacial score (nSPS) is 16.6. The number of benzene rings is 1. The lowest BCUT2D eigenvalue weighted by atomic mass is 10.1. The molecule has 0 radical (unpaired) electrons. The van der Waals surface area contributed by atoms with Crippen molar-refractivity contribution < 1.29 is 4.79 Å². The molecule has 0 aliphatic carbocycles. The van der Waals surface area contributed by atoms with Gasteiger partial charge in [-0.1, -0.05) is 36.4 Å². The topological polar surface area (TPSA) is 74.1 Å². The predicted octanol–water partition coefficient (Wildman–Crippen LogP) is 3.99. The number of hydrogen-bond donors (Lipinski definition) is 1. The molecule has 2 rings (SSSR count). The molecule has 0 saturated carbocycles. The maximum atomic E-state index is 12.3. The molecule has 7 heteroatoms. The lowest BCUT2D eigenvalue weighted by molar-refractivity contribution is -0.116. The zero-order valence-electron chi connectivity index (χ0n) is 14.1. The van der Waals surface area contributed by atoms with Gasteiger partial charge in [-0.2, -0.15) is 0 Å². The van der Waals surface area contributed by atoms with E-state index in [1.807, 2.05) is 26.0 Å². The fourth-order valence-corrected chi connectivity index (χ4v) is 2.90. The van der Waals surface area contributed by atoms with Crippen molar-refractivity contribution in [3.05, 3.63) is 69.8 Å². The van der Waals surface area contributed by atoms with Crippen LogP contribution in [-0.2, 0) is 4.79 Å². The van der Waals surface area contributed by atoms with E-state index in [1.54, 1.807) is 12.2 Å². The highest BCUT2D eigenvalue weighted by atomic mass is 35.5. The number of carbonyl (C=O) groups excluding carboxylic acids is 1. The highest BCUT2D eigenvalue weighted by Crippen LogP contribution is 2.31. The number of halogens is 1. The van der Waals surface area contributed by atoms with Gasteiger partial charge in [-0.25, -0.2) is 5.01 Å². The van der Waals surface area contributed by atoms with Crippen LogP contribution < -0.4 is 10.4 Å². The molecule has 1 saturated heterocycles. The lowest BCUT2D eigenvalue weighted by Crippen LogP contribution is -2.36. The molecule has 1 aromatic rings. The third kappa shape index (κ3) is 4.64. The van der Waals surface area contributed by atoms with Gasteiger partial charge in [0.2, 0.25) is 0 Å². The first kappa shape index (κ1) is 18.6. The molecular formula is C18H19ClN4O2.